The molecule has 0 unspecified atom stereocenters. The summed E-state index contributed by atoms with van der Waals surface area (Å²) in [5.74, 6) is 0.567. The summed E-state index contributed by atoms with van der Waals surface area (Å²) in [4.78, 5) is 37.0. The number of pyridine rings is 1. The molecule has 2 aromatic heterocycles. The molecule has 1 aliphatic rings. The second kappa shape index (κ2) is 7.20. The van der Waals surface area contributed by atoms with Crippen molar-refractivity contribution in [3.8, 4) is 0 Å². The highest BCUT2D eigenvalue weighted by Crippen LogP contribution is 2.32. The van der Waals surface area contributed by atoms with E-state index in [9.17, 15) is 14.9 Å². The van der Waals surface area contributed by atoms with Crippen LogP contribution < -0.4 is 4.90 Å². The Morgan fingerprint density at radius 3 is 2.56 bits per heavy atom. The molecule has 0 bridgehead atoms. The minimum Gasteiger partial charge on any atom is -0.464 e. The second-order valence-corrected chi connectivity index (χ2v) is 5.66. The minimum atomic E-state index is -0.622. The van der Waals surface area contributed by atoms with Crippen molar-refractivity contribution in [2.24, 2.45) is 0 Å². The summed E-state index contributed by atoms with van der Waals surface area (Å²) < 4.78 is 4.65. The largest absolute Gasteiger partial charge is 0.464 e. The lowest BCUT2D eigenvalue weighted by molar-refractivity contribution is -0.384. The molecule has 0 spiro atoms. The van der Waals surface area contributed by atoms with Gasteiger partial charge in [0.2, 0.25) is 5.82 Å². The van der Waals surface area contributed by atoms with E-state index in [-0.39, 0.29) is 23.1 Å². The fraction of sp³-hybridized carbons (Fsp3) is 0.375. The lowest BCUT2D eigenvalue weighted by atomic mass is 9.96. The fourth-order valence-electron chi connectivity index (χ4n) is 2.91. The van der Waals surface area contributed by atoms with Crippen LogP contribution >= 0.6 is 0 Å². The molecule has 1 aliphatic heterocycles. The van der Waals surface area contributed by atoms with Gasteiger partial charge in [-0.3, -0.25) is 10.1 Å². The van der Waals surface area contributed by atoms with Crippen molar-refractivity contribution in [2.45, 2.75) is 18.8 Å². The summed E-state index contributed by atoms with van der Waals surface area (Å²) in [7, 11) is 1.25. The third kappa shape index (κ3) is 3.54. The summed E-state index contributed by atoms with van der Waals surface area (Å²) in [6.45, 7) is 1.14. The van der Waals surface area contributed by atoms with Gasteiger partial charge < -0.3 is 9.64 Å². The smallest absolute Gasteiger partial charge is 0.356 e. The molecule has 0 atom stereocenters. The van der Waals surface area contributed by atoms with E-state index in [2.05, 4.69) is 19.7 Å². The van der Waals surface area contributed by atoms with Gasteiger partial charge in [-0.05, 0) is 25.0 Å². The molecule has 0 amide bonds. The van der Waals surface area contributed by atoms with E-state index in [0.29, 0.717) is 13.1 Å². The maximum atomic E-state index is 11.7. The number of piperidine rings is 1. The van der Waals surface area contributed by atoms with Crippen LogP contribution in [0.25, 0.3) is 0 Å². The maximum absolute atomic E-state index is 11.7. The van der Waals surface area contributed by atoms with Gasteiger partial charge in [0.25, 0.3) is 0 Å². The topological polar surface area (TPSA) is 111 Å². The number of esters is 1. The van der Waals surface area contributed by atoms with Crippen LogP contribution in [0.2, 0.25) is 0 Å². The third-order valence-corrected chi connectivity index (χ3v) is 4.19. The second-order valence-electron chi connectivity index (χ2n) is 5.66. The Kier molecular flexibility index (Phi) is 4.82. The number of methoxy groups -OCH3 is 1. The molecule has 0 aliphatic carbocycles. The van der Waals surface area contributed by atoms with E-state index >= 15 is 0 Å². The van der Waals surface area contributed by atoms with Gasteiger partial charge in [0, 0.05) is 37.5 Å². The first kappa shape index (κ1) is 16.7. The van der Waals surface area contributed by atoms with Crippen molar-refractivity contribution in [3.05, 3.63) is 52.2 Å². The fourth-order valence-corrected chi connectivity index (χ4v) is 2.91. The maximum Gasteiger partial charge on any atom is 0.356 e. The standard InChI is InChI=1S/C16H17N5O4/c1-25-16(22)12-3-4-13(21(23)24)15(19-12)20-9-5-11(6-10-20)14-17-7-2-8-18-14/h2-4,7-8,11H,5-6,9-10H2,1H3. The Hall–Kier alpha value is -3.10. The van der Waals surface area contributed by atoms with Crippen molar-refractivity contribution >= 4 is 17.5 Å². The normalized spacial score (nSPS) is 15.0. The molecule has 0 aromatic carbocycles. The predicted molar refractivity (Wildman–Crippen MR) is 88.5 cm³/mol. The van der Waals surface area contributed by atoms with Gasteiger partial charge >= 0.3 is 11.7 Å². The SMILES string of the molecule is COC(=O)c1ccc([N+](=O)[O-])c(N2CCC(c3ncccn3)CC2)n1. The van der Waals surface area contributed by atoms with E-state index in [4.69, 9.17) is 0 Å². The lowest BCUT2D eigenvalue weighted by Gasteiger charge is -2.31. The Morgan fingerprint density at radius 2 is 1.96 bits per heavy atom. The van der Waals surface area contributed by atoms with Gasteiger partial charge in [0.05, 0.1) is 12.0 Å². The lowest BCUT2D eigenvalue weighted by Crippen LogP contribution is -2.34. The molecule has 9 nitrogen and oxygen atoms in total. The first-order chi connectivity index (χ1) is 12.1. The van der Waals surface area contributed by atoms with E-state index < -0.39 is 10.9 Å². The third-order valence-electron chi connectivity index (χ3n) is 4.19. The molecule has 25 heavy (non-hydrogen) atoms. The van der Waals surface area contributed by atoms with Crippen LogP contribution in [-0.4, -0.2) is 46.0 Å². The molecular weight excluding hydrogens is 326 g/mol. The molecule has 130 valence electrons. The Labute approximate surface area is 143 Å². The van der Waals surface area contributed by atoms with E-state index in [1.807, 2.05) is 4.90 Å². The quantitative estimate of drug-likeness (QED) is 0.470. The zero-order chi connectivity index (χ0) is 17.8. The number of aromatic nitrogens is 3. The number of nitrogens with zero attached hydrogens (tertiary/aromatic N) is 5. The van der Waals surface area contributed by atoms with Gasteiger partial charge in [-0.2, -0.15) is 0 Å². The van der Waals surface area contributed by atoms with E-state index in [0.717, 1.165) is 18.7 Å². The first-order valence-electron chi connectivity index (χ1n) is 7.85. The van der Waals surface area contributed by atoms with E-state index in [1.54, 1.807) is 18.5 Å². The monoisotopic (exact) mass is 343 g/mol. The van der Waals surface area contributed by atoms with E-state index in [1.165, 1.54) is 19.2 Å². The zero-order valence-electron chi connectivity index (χ0n) is 13.7. The number of anilines is 1. The molecule has 2 aromatic rings. The number of rotatable bonds is 4. The van der Waals surface area contributed by atoms with Crippen molar-refractivity contribution in [1.82, 2.24) is 15.0 Å². The van der Waals surface area contributed by atoms with Gasteiger partial charge in [-0.25, -0.2) is 19.7 Å². The molecule has 1 saturated heterocycles. The molecule has 0 radical (unpaired) electrons. The highest BCUT2D eigenvalue weighted by Gasteiger charge is 2.29. The summed E-state index contributed by atoms with van der Waals surface area (Å²) in [6, 6.07) is 4.36. The van der Waals surface area contributed by atoms with Crippen LogP contribution in [0.3, 0.4) is 0 Å². The van der Waals surface area contributed by atoms with Crippen LogP contribution in [0.15, 0.2) is 30.6 Å². The van der Waals surface area contributed by atoms with Crippen molar-refractivity contribution in [1.29, 1.82) is 0 Å². The first-order valence-corrected chi connectivity index (χ1v) is 7.85. The number of nitro groups is 1. The zero-order valence-corrected chi connectivity index (χ0v) is 13.7. The van der Waals surface area contributed by atoms with Crippen LogP contribution in [-0.2, 0) is 4.74 Å². The van der Waals surface area contributed by atoms with Crippen molar-refractivity contribution < 1.29 is 14.5 Å². The molecule has 3 heterocycles. The molecule has 1 fully saturated rings. The molecule has 0 N–H and O–H groups in total. The molecular formula is C16H17N5O4. The van der Waals surface area contributed by atoms with Gasteiger partial charge in [-0.1, -0.05) is 0 Å². The van der Waals surface area contributed by atoms with Gasteiger partial charge in [0.1, 0.15) is 5.82 Å². The summed E-state index contributed by atoms with van der Waals surface area (Å²) in [5.41, 5.74) is -0.0707. The highest BCUT2D eigenvalue weighted by atomic mass is 16.6. The van der Waals surface area contributed by atoms with Crippen molar-refractivity contribution in [2.75, 3.05) is 25.1 Å². The summed E-state index contributed by atoms with van der Waals surface area (Å²) in [6.07, 6.45) is 4.93. The number of carbonyl (C=O) groups excluding carboxylic acids is 1. The number of hydrogen-bond acceptors (Lipinski definition) is 8. The van der Waals surface area contributed by atoms with Gasteiger partial charge in [0.15, 0.2) is 5.69 Å². The highest BCUT2D eigenvalue weighted by molar-refractivity contribution is 5.88. The van der Waals surface area contributed by atoms with Crippen LogP contribution in [0.5, 0.6) is 0 Å². The van der Waals surface area contributed by atoms with Crippen molar-refractivity contribution in [3.63, 3.8) is 0 Å². The van der Waals surface area contributed by atoms with Crippen LogP contribution in [0.1, 0.15) is 35.1 Å². The number of ether oxygens (including phenoxy) is 1. The molecule has 9 heteroatoms. The Balaban J connectivity index is 1.82. The van der Waals surface area contributed by atoms with Gasteiger partial charge in [-0.15, -0.1) is 0 Å². The molecule has 3 rings (SSSR count). The number of hydrogen-bond donors (Lipinski definition) is 0. The van der Waals surface area contributed by atoms with Crippen LogP contribution in [0.4, 0.5) is 11.5 Å². The predicted octanol–water partition coefficient (Wildman–Crippen LogP) is 1.95. The summed E-state index contributed by atoms with van der Waals surface area (Å²) in [5, 5.41) is 11.3. The minimum absolute atomic E-state index is 0.0524. The summed E-state index contributed by atoms with van der Waals surface area (Å²) >= 11 is 0. The Bertz CT molecular complexity index is 775. The average Bonchev–Trinajstić information content (AvgIpc) is 2.67. The molecule has 0 saturated carbocycles. The average molecular weight is 343 g/mol. The number of carbonyl (C=O) groups is 1. The van der Waals surface area contributed by atoms with Crippen LogP contribution in [0, 0.1) is 10.1 Å². The Morgan fingerprint density at radius 1 is 1.28 bits per heavy atom.